The number of aromatic nitrogens is 2. The normalized spacial score (nSPS) is 12.4. The van der Waals surface area contributed by atoms with Crippen LogP contribution in [0.15, 0.2) is 21.0 Å². The van der Waals surface area contributed by atoms with E-state index in [0.717, 1.165) is 12.8 Å². The monoisotopic (exact) mass is 365 g/mol. The summed E-state index contributed by atoms with van der Waals surface area (Å²) in [7, 11) is 0. The van der Waals surface area contributed by atoms with Gasteiger partial charge in [0.2, 0.25) is 5.91 Å². The Morgan fingerprint density at radius 3 is 2.84 bits per heavy atom. The van der Waals surface area contributed by atoms with Crippen molar-refractivity contribution in [3.8, 4) is 0 Å². The molecule has 0 aliphatic heterocycles. The summed E-state index contributed by atoms with van der Waals surface area (Å²) in [5.41, 5.74) is -0.117. The zero-order chi connectivity index (χ0) is 18.2. The number of unbranched alkanes of at least 4 members (excludes halogenated alkanes) is 1. The van der Waals surface area contributed by atoms with Gasteiger partial charge in [0, 0.05) is 19.5 Å². The highest BCUT2D eigenvalue weighted by Crippen LogP contribution is 2.12. The Morgan fingerprint density at radius 2 is 2.12 bits per heavy atom. The molecular formula is C18H27N3O3S. The number of amides is 1. The number of thiophene rings is 1. The molecule has 6 nitrogen and oxygen atoms in total. The van der Waals surface area contributed by atoms with Crippen LogP contribution in [0.1, 0.15) is 52.4 Å². The molecule has 2 aromatic heterocycles. The molecule has 2 N–H and O–H groups in total. The molecule has 0 unspecified atom stereocenters. The van der Waals surface area contributed by atoms with Crippen LogP contribution in [0.4, 0.5) is 0 Å². The number of rotatable bonds is 10. The number of nitrogens with one attached hydrogen (secondary N) is 2. The van der Waals surface area contributed by atoms with Crippen molar-refractivity contribution in [1.82, 2.24) is 14.9 Å². The lowest BCUT2D eigenvalue weighted by Gasteiger charge is -2.15. The molecule has 7 heteroatoms. The van der Waals surface area contributed by atoms with E-state index in [4.69, 9.17) is 0 Å². The van der Waals surface area contributed by atoms with E-state index in [1.54, 1.807) is 11.4 Å². The van der Waals surface area contributed by atoms with E-state index in [9.17, 15) is 14.4 Å². The third-order valence-corrected chi connectivity index (χ3v) is 5.41. The van der Waals surface area contributed by atoms with Crippen LogP contribution in [0.25, 0.3) is 10.2 Å². The smallest absolute Gasteiger partial charge is 0.328 e. The van der Waals surface area contributed by atoms with Gasteiger partial charge >= 0.3 is 5.69 Å². The summed E-state index contributed by atoms with van der Waals surface area (Å²) in [6.45, 7) is 5.27. The minimum absolute atomic E-state index is 0.0170. The quantitative estimate of drug-likeness (QED) is 0.679. The molecule has 1 amide bonds. The number of nitrogens with zero attached hydrogens (tertiary/aromatic N) is 1. The molecule has 138 valence electrons. The Labute approximate surface area is 151 Å². The first-order valence-electron chi connectivity index (χ1n) is 9.03. The lowest BCUT2D eigenvalue weighted by atomic mass is 9.99. The van der Waals surface area contributed by atoms with E-state index in [1.807, 2.05) is 0 Å². The van der Waals surface area contributed by atoms with Gasteiger partial charge in [-0.25, -0.2) is 4.79 Å². The molecule has 0 radical (unpaired) electrons. The fraction of sp³-hybridized carbons (Fsp3) is 0.611. The zero-order valence-corrected chi connectivity index (χ0v) is 15.8. The molecule has 0 fully saturated rings. The van der Waals surface area contributed by atoms with Crippen LogP contribution >= 0.6 is 11.3 Å². The Morgan fingerprint density at radius 1 is 1.32 bits per heavy atom. The summed E-state index contributed by atoms with van der Waals surface area (Å²) >= 11 is 1.31. The molecule has 0 spiro atoms. The van der Waals surface area contributed by atoms with Crippen LogP contribution in [-0.2, 0) is 11.3 Å². The number of fused-ring (bicyclic) bond motifs is 1. The molecule has 0 aliphatic carbocycles. The van der Waals surface area contributed by atoms with Gasteiger partial charge in [0.1, 0.15) is 4.70 Å². The van der Waals surface area contributed by atoms with Gasteiger partial charge in [-0.1, -0.05) is 33.1 Å². The molecule has 2 aromatic rings. The van der Waals surface area contributed by atoms with Crippen LogP contribution in [0.5, 0.6) is 0 Å². The van der Waals surface area contributed by atoms with E-state index < -0.39 is 5.69 Å². The highest BCUT2D eigenvalue weighted by Gasteiger charge is 2.11. The van der Waals surface area contributed by atoms with Crippen molar-refractivity contribution in [3.05, 3.63) is 32.3 Å². The summed E-state index contributed by atoms with van der Waals surface area (Å²) in [5.74, 6) is 0.507. The van der Waals surface area contributed by atoms with Crippen LogP contribution < -0.4 is 16.6 Å². The molecular weight excluding hydrogens is 338 g/mol. The van der Waals surface area contributed by atoms with Gasteiger partial charge in [0.25, 0.3) is 5.56 Å². The molecule has 1 atom stereocenters. The van der Waals surface area contributed by atoms with Crippen LogP contribution in [0.3, 0.4) is 0 Å². The van der Waals surface area contributed by atoms with Gasteiger partial charge in [-0.3, -0.25) is 14.2 Å². The molecule has 0 aliphatic rings. The number of H-pyrrole nitrogens is 1. The molecule has 2 rings (SSSR count). The summed E-state index contributed by atoms with van der Waals surface area (Å²) in [4.78, 5) is 39.0. The first-order chi connectivity index (χ1) is 12.1. The Hall–Kier alpha value is -1.89. The van der Waals surface area contributed by atoms with Gasteiger partial charge in [-0.15, -0.1) is 11.3 Å². The second-order valence-electron chi connectivity index (χ2n) is 6.37. The number of hydrogen-bond donors (Lipinski definition) is 2. The van der Waals surface area contributed by atoms with Gasteiger partial charge in [-0.2, -0.15) is 0 Å². The minimum Gasteiger partial charge on any atom is -0.356 e. The van der Waals surface area contributed by atoms with Crippen LogP contribution in [-0.4, -0.2) is 22.0 Å². The van der Waals surface area contributed by atoms with Crippen LogP contribution in [0, 0.1) is 5.92 Å². The van der Waals surface area contributed by atoms with Crippen molar-refractivity contribution < 1.29 is 4.79 Å². The Bertz CT molecular complexity index is 806. The van der Waals surface area contributed by atoms with E-state index in [2.05, 4.69) is 24.1 Å². The average Bonchev–Trinajstić information content (AvgIpc) is 3.06. The SMILES string of the molecule is CCCC[C@@H](CC)CNC(=O)CCCn1c(=O)[nH]c2ccsc2c1=O. The second kappa shape index (κ2) is 9.56. The first-order valence-corrected chi connectivity index (χ1v) is 9.91. The van der Waals surface area contributed by atoms with E-state index in [0.29, 0.717) is 35.5 Å². The van der Waals surface area contributed by atoms with E-state index in [1.165, 1.54) is 28.7 Å². The highest BCUT2D eigenvalue weighted by molar-refractivity contribution is 7.17. The Balaban J connectivity index is 1.83. The standard InChI is InChI=1S/C18H27N3O3S/c1-3-5-7-13(4-2)12-19-15(22)8-6-10-21-17(23)16-14(9-11-25-16)20-18(21)24/h9,11,13H,3-8,10,12H2,1-2H3,(H,19,22)(H,20,24)/t13-/m1/s1. The largest absolute Gasteiger partial charge is 0.356 e. The predicted molar refractivity (Wildman–Crippen MR) is 102 cm³/mol. The maximum Gasteiger partial charge on any atom is 0.328 e. The van der Waals surface area contributed by atoms with Crippen molar-refractivity contribution in [2.45, 2.75) is 58.9 Å². The van der Waals surface area contributed by atoms with Crippen LogP contribution in [0.2, 0.25) is 0 Å². The number of aromatic amines is 1. The van der Waals surface area contributed by atoms with Gasteiger partial charge in [0.15, 0.2) is 0 Å². The average molecular weight is 365 g/mol. The summed E-state index contributed by atoms with van der Waals surface area (Å²) in [6.07, 6.45) is 5.34. The second-order valence-corrected chi connectivity index (χ2v) is 7.29. The van der Waals surface area contributed by atoms with Crippen molar-refractivity contribution >= 4 is 27.5 Å². The molecule has 25 heavy (non-hydrogen) atoms. The highest BCUT2D eigenvalue weighted by atomic mass is 32.1. The summed E-state index contributed by atoms with van der Waals surface area (Å²) < 4.78 is 1.73. The maximum absolute atomic E-state index is 12.3. The lowest BCUT2D eigenvalue weighted by molar-refractivity contribution is -0.121. The fourth-order valence-corrected chi connectivity index (χ4v) is 3.66. The first kappa shape index (κ1) is 19.4. The topological polar surface area (TPSA) is 84.0 Å². The molecule has 2 heterocycles. The van der Waals surface area contributed by atoms with Crippen molar-refractivity contribution in [3.63, 3.8) is 0 Å². The van der Waals surface area contributed by atoms with Gasteiger partial charge in [-0.05, 0) is 30.2 Å². The number of carbonyl (C=O) groups is 1. The lowest BCUT2D eigenvalue weighted by Crippen LogP contribution is -2.35. The maximum atomic E-state index is 12.3. The van der Waals surface area contributed by atoms with E-state index >= 15 is 0 Å². The third-order valence-electron chi connectivity index (χ3n) is 4.51. The number of hydrogen-bond acceptors (Lipinski definition) is 4. The fourth-order valence-electron chi connectivity index (χ4n) is 2.86. The number of carbonyl (C=O) groups excluding carboxylic acids is 1. The zero-order valence-electron chi connectivity index (χ0n) is 15.0. The molecule has 0 bridgehead atoms. The molecule has 0 saturated heterocycles. The van der Waals surface area contributed by atoms with E-state index in [-0.39, 0.29) is 18.0 Å². The van der Waals surface area contributed by atoms with Crippen molar-refractivity contribution in [2.24, 2.45) is 5.92 Å². The molecule has 0 aromatic carbocycles. The summed E-state index contributed by atoms with van der Waals surface area (Å²) in [5, 5.41) is 4.75. The van der Waals surface area contributed by atoms with Gasteiger partial charge in [0.05, 0.1) is 5.52 Å². The van der Waals surface area contributed by atoms with Crippen molar-refractivity contribution in [1.29, 1.82) is 0 Å². The van der Waals surface area contributed by atoms with Crippen molar-refractivity contribution in [2.75, 3.05) is 6.54 Å². The predicted octanol–water partition coefficient (Wildman–Crippen LogP) is 2.86. The Kier molecular flexibility index (Phi) is 7.43. The summed E-state index contributed by atoms with van der Waals surface area (Å²) in [6, 6.07) is 1.73. The molecule has 0 saturated carbocycles. The minimum atomic E-state index is -0.415. The van der Waals surface area contributed by atoms with Gasteiger partial charge < -0.3 is 10.3 Å². The third kappa shape index (κ3) is 5.29.